The van der Waals surface area contributed by atoms with E-state index in [1.54, 1.807) is 49.4 Å². The molecule has 2 N–H and O–H groups in total. The summed E-state index contributed by atoms with van der Waals surface area (Å²) in [6.45, 7) is 2.88. The van der Waals surface area contributed by atoms with E-state index in [9.17, 15) is 23.9 Å². The quantitative estimate of drug-likeness (QED) is 0.324. The van der Waals surface area contributed by atoms with E-state index in [2.05, 4.69) is 15.3 Å². The molecule has 0 saturated heterocycles. The minimum Gasteiger partial charge on any atom is -0.481 e. The fraction of sp³-hybridized carbons (Fsp3) is 0.192. The fourth-order valence-corrected chi connectivity index (χ4v) is 3.72. The molecule has 10 nitrogen and oxygen atoms in total. The van der Waals surface area contributed by atoms with Crippen LogP contribution >= 0.6 is 11.6 Å². The summed E-state index contributed by atoms with van der Waals surface area (Å²) in [5.74, 6) is -2.01. The lowest BCUT2D eigenvalue weighted by Gasteiger charge is -2.17. The highest BCUT2D eigenvalue weighted by Gasteiger charge is 2.19. The summed E-state index contributed by atoms with van der Waals surface area (Å²) in [7, 11) is 0. The zero-order valence-electron chi connectivity index (χ0n) is 20.4. The number of pyridine rings is 1. The second-order valence-electron chi connectivity index (χ2n) is 8.61. The van der Waals surface area contributed by atoms with E-state index in [0.29, 0.717) is 27.6 Å². The molecule has 2 aromatic heterocycles. The molecule has 0 aliphatic rings. The second kappa shape index (κ2) is 11.3. The third kappa shape index (κ3) is 6.24. The van der Waals surface area contributed by atoms with Gasteiger partial charge < -0.3 is 15.2 Å². The number of aromatic nitrogens is 4. The lowest BCUT2D eigenvalue weighted by Crippen LogP contribution is -2.44. The Kier molecular flexibility index (Phi) is 7.87. The lowest BCUT2D eigenvalue weighted by atomic mass is 10.2. The Morgan fingerprint density at radius 2 is 1.87 bits per heavy atom. The largest absolute Gasteiger partial charge is 0.481 e. The molecule has 0 unspecified atom stereocenters. The molecule has 0 radical (unpaired) electrons. The predicted molar refractivity (Wildman–Crippen MR) is 139 cm³/mol. The number of ether oxygens (including phenoxy) is 1. The van der Waals surface area contributed by atoms with Gasteiger partial charge in [-0.25, -0.2) is 18.5 Å². The first kappa shape index (κ1) is 26.6. The van der Waals surface area contributed by atoms with Crippen molar-refractivity contribution in [2.75, 3.05) is 5.32 Å². The molecule has 1 atom stereocenters. The molecule has 2 heterocycles. The van der Waals surface area contributed by atoms with Gasteiger partial charge in [-0.05, 0) is 48.4 Å². The molecule has 0 saturated carbocycles. The van der Waals surface area contributed by atoms with Crippen LogP contribution in [-0.2, 0) is 17.9 Å². The zero-order valence-corrected chi connectivity index (χ0v) is 21.1. The van der Waals surface area contributed by atoms with Crippen LogP contribution in [0.4, 0.5) is 16.0 Å². The Hall–Kier alpha value is -4.51. The number of aryl methyl sites for hydroxylation is 1. The summed E-state index contributed by atoms with van der Waals surface area (Å²) in [5, 5.41) is 12.8. The van der Waals surface area contributed by atoms with Crippen LogP contribution in [0.1, 0.15) is 18.1 Å². The van der Waals surface area contributed by atoms with Gasteiger partial charge in [0.2, 0.25) is 5.95 Å². The number of carboxylic acid groups (broad SMARTS) is 1. The van der Waals surface area contributed by atoms with Gasteiger partial charge in [-0.3, -0.25) is 14.3 Å². The number of hydrogen-bond acceptors (Lipinski definition) is 7. The van der Waals surface area contributed by atoms with Crippen molar-refractivity contribution < 1.29 is 19.0 Å². The van der Waals surface area contributed by atoms with Crippen molar-refractivity contribution in [3.8, 4) is 11.5 Å². The monoisotopic (exact) mass is 539 g/mol. The molecule has 4 aromatic rings. The van der Waals surface area contributed by atoms with Gasteiger partial charge in [0.15, 0.2) is 0 Å². The molecule has 0 bridgehead atoms. The molecule has 0 fully saturated rings. The van der Waals surface area contributed by atoms with Gasteiger partial charge in [-0.2, -0.15) is 4.98 Å². The average molecular weight is 540 g/mol. The SMILES string of the molecule is Cc1cc(Nc2nc(=O)n(C[C@H](C)C(=O)O)c(=O)n2Cc2ccc(Cl)cc2)ccc1Oc1cncc(F)c1. The number of hydrogen-bond donors (Lipinski definition) is 2. The second-order valence-corrected chi connectivity index (χ2v) is 9.05. The summed E-state index contributed by atoms with van der Waals surface area (Å²) in [5.41, 5.74) is 0.287. The van der Waals surface area contributed by atoms with Gasteiger partial charge in [-0.15, -0.1) is 0 Å². The number of nitrogens with one attached hydrogen (secondary N) is 1. The maximum absolute atomic E-state index is 13.4. The molecule has 0 spiro atoms. The Bertz CT molecular complexity index is 1600. The van der Waals surface area contributed by atoms with Crippen LogP contribution in [0.25, 0.3) is 0 Å². The van der Waals surface area contributed by atoms with Crippen LogP contribution in [0.3, 0.4) is 0 Å². The van der Waals surface area contributed by atoms with Crippen molar-refractivity contribution in [2.45, 2.75) is 26.9 Å². The third-order valence-electron chi connectivity index (χ3n) is 5.62. The molecule has 196 valence electrons. The molecular formula is C26H23ClFN5O5. The van der Waals surface area contributed by atoms with Gasteiger partial charge in [0, 0.05) is 23.3 Å². The van der Waals surface area contributed by atoms with Gasteiger partial charge in [0.1, 0.15) is 17.3 Å². The average Bonchev–Trinajstić information content (AvgIpc) is 2.87. The number of aliphatic carboxylic acids is 1. The van der Waals surface area contributed by atoms with Crippen molar-refractivity contribution in [3.05, 3.63) is 104 Å². The smallest absolute Gasteiger partial charge is 0.354 e. The van der Waals surface area contributed by atoms with E-state index < -0.39 is 29.1 Å². The molecular weight excluding hydrogens is 517 g/mol. The molecule has 0 aliphatic heterocycles. The summed E-state index contributed by atoms with van der Waals surface area (Å²) >= 11 is 5.98. The first-order valence-corrected chi connectivity index (χ1v) is 11.8. The summed E-state index contributed by atoms with van der Waals surface area (Å²) in [6.07, 6.45) is 2.45. The fourth-order valence-electron chi connectivity index (χ4n) is 3.59. The van der Waals surface area contributed by atoms with Crippen molar-refractivity contribution in [1.29, 1.82) is 0 Å². The molecule has 12 heteroatoms. The van der Waals surface area contributed by atoms with Crippen molar-refractivity contribution >= 4 is 29.2 Å². The molecule has 38 heavy (non-hydrogen) atoms. The van der Waals surface area contributed by atoms with E-state index >= 15 is 0 Å². The summed E-state index contributed by atoms with van der Waals surface area (Å²) < 4.78 is 21.2. The molecule has 2 aromatic carbocycles. The van der Waals surface area contributed by atoms with Crippen LogP contribution in [0.5, 0.6) is 11.5 Å². The predicted octanol–water partition coefficient (Wildman–Crippen LogP) is 4.21. The Morgan fingerprint density at radius 3 is 2.53 bits per heavy atom. The maximum Gasteiger partial charge on any atom is 0.354 e. The van der Waals surface area contributed by atoms with Crippen LogP contribution < -0.4 is 21.4 Å². The summed E-state index contributed by atoms with van der Waals surface area (Å²) in [4.78, 5) is 45.2. The topological polar surface area (TPSA) is 128 Å². The molecule has 4 rings (SSSR count). The normalized spacial score (nSPS) is 11.7. The Morgan fingerprint density at radius 1 is 1.13 bits per heavy atom. The van der Waals surface area contributed by atoms with Crippen LogP contribution in [0, 0.1) is 18.7 Å². The Labute approximate surface area is 221 Å². The summed E-state index contributed by atoms with van der Waals surface area (Å²) in [6, 6.07) is 13.0. The van der Waals surface area contributed by atoms with Crippen molar-refractivity contribution in [2.24, 2.45) is 5.92 Å². The minimum atomic E-state index is -1.14. The maximum atomic E-state index is 13.4. The van der Waals surface area contributed by atoms with Gasteiger partial charge in [0.05, 0.1) is 24.9 Å². The first-order chi connectivity index (χ1) is 18.1. The van der Waals surface area contributed by atoms with Crippen LogP contribution in [0.2, 0.25) is 5.02 Å². The van der Waals surface area contributed by atoms with E-state index in [1.807, 2.05) is 0 Å². The van der Waals surface area contributed by atoms with Crippen LogP contribution in [0.15, 0.2) is 70.5 Å². The number of halogens is 2. The number of carbonyl (C=O) groups is 1. The zero-order chi connectivity index (χ0) is 27.4. The number of nitrogens with zero attached hydrogens (tertiary/aromatic N) is 4. The number of rotatable bonds is 9. The van der Waals surface area contributed by atoms with E-state index in [1.165, 1.54) is 23.8 Å². The van der Waals surface area contributed by atoms with Gasteiger partial charge in [-0.1, -0.05) is 30.7 Å². The van der Waals surface area contributed by atoms with Gasteiger partial charge in [0.25, 0.3) is 0 Å². The number of carboxylic acids is 1. The number of benzene rings is 2. The first-order valence-electron chi connectivity index (χ1n) is 11.5. The van der Waals surface area contributed by atoms with Crippen LogP contribution in [-0.4, -0.2) is 30.2 Å². The highest BCUT2D eigenvalue weighted by molar-refractivity contribution is 6.30. The van der Waals surface area contributed by atoms with Crippen molar-refractivity contribution in [1.82, 2.24) is 19.1 Å². The lowest BCUT2D eigenvalue weighted by molar-refractivity contribution is -0.141. The minimum absolute atomic E-state index is 0.0309. The van der Waals surface area contributed by atoms with E-state index in [4.69, 9.17) is 16.3 Å². The van der Waals surface area contributed by atoms with Gasteiger partial charge >= 0.3 is 17.3 Å². The number of anilines is 2. The highest BCUT2D eigenvalue weighted by Crippen LogP contribution is 2.28. The highest BCUT2D eigenvalue weighted by atomic mass is 35.5. The van der Waals surface area contributed by atoms with Crippen molar-refractivity contribution in [3.63, 3.8) is 0 Å². The molecule has 0 aliphatic carbocycles. The Balaban J connectivity index is 1.69. The molecule has 0 amide bonds. The van der Waals surface area contributed by atoms with E-state index in [-0.39, 0.29) is 24.8 Å². The third-order valence-corrected chi connectivity index (χ3v) is 5.87. The standard InChI is InChI=1S/C26H23ClFN5O5/c1-15-9-20(7-8-22(15)38-21-10-19(28)11-29-12-21)30-24-31-25(36)33(13-16(2)23(34)35)26(37)32(24)14-17-3-5-18(27)6-4-17/h3-12,16H,13-14H2,1-2H3,(H,34,35)(H,30,31,36)/t16-/m0/s1. The van der Waals surface area contributed by atoms with E-state index in [0.717, 1.165) is 10.8 Å².